The van der Waals surface area contributed by atoms with Gasteiger partial charge in [-0.3, -0.25) is 0 Å². The van der Waals surface area contributed by atoms with Gasteiger partial charge in [-0.1, -0.05) is 18.2 Å². The highest BCUT2D eigenvalue weighted by Gasteiger charge is 2.28. The molecule has 3 aromatic rings. The van der Waals surface area contributed by atoms with Gasteiger partial charge < -0.3 is 29.3 Å². The summed E-state index contributed by atoms with van der Waals surface area (Å²) in [5.41, 5.74) is 4.02. The fraction of sp³-hybridized carbons (Fsp3) is 0.379. The van der Waals surface area contributed by atoms with E-state index in [0.29, 0.717) is 57.0 Å². The third kappa shape index (κ3) is 6.12. The van der Waals surface area contributed by atoms with Gasteiger partial charge in [-0.25, -0.2) is 19.6 Å². The number of esters is 1. The lowest BCUT2D eigenvalue weighted by atomic mass is 10.0. The summed E-state index contributed by atoms with van der Waals surface area (Å²) < 4.78 is 16.1. The molecule has 1 N–H and O–H groups in total. The van der Waals surface area contributed by atoms with Crippen molar-refractivity contribution in [1.29, 1.82) is 0 Å². The fourth-order valence-electron chi connectivity index (χ4n) is 4.86. The van der Waals surface area contributed by atoms with E-state index in [4.69, 9.17) is 24.2 Å². The molecule has 5 rings (SSSR count). The lowest BCUT2D eigenvalue weighted by Crippen LogP contribution is -2.42. The van der Waals surface area contributed by atoms with Crippen LogP contribution >= 0.6 is 0 Å². The van der Waals surface area contributed by atoms with Crippen LogP contribution in [0.4, 0.5) is 16.3 Å². The second-order valence-electron chi connectivity index (χ2n) is 9.38. The summed E-state index contributed by atoms with van der Waals surface area (Å²) in [6.45, 7) is 5.75. The van der Waals surface area contributed by atoms with E-state index >= 15 is 0 Å². The summed E-state index contributed by atoms with van der Waals surface area (Å²) in [4.78, 5) is 39.0. The van der Waals surface area contributed by atoms with Crippen LogP contribution in [0, 0.1) is 0 Å². The molecule has 1 aromatic heterocycles. The molecule has 10 heteroatoms. The topological polar surface area (TPSA) is 106 Å². The van der Waals surface area contributed by atoms with E-state index in [0.717, 1.165) is 47.3 Å². The number of fused-ring (bicyclic) bond motifs is 1. The molecule has 2 aliphatic rings. The van der Waals surface area contributed by atoms with Crippen molar-refractivity contribution in [2.45, 2.75) is 26.3 Å². The third-order valence-electron chi connectivity index (χ3n) is 6.87. The number of amides is 2. The van der Waals surface area contributed by atoms with Crippen LogP contribution in [0.3, 0.4) is 0 Å². The first kappa shape index (κ1) is 26.4. The van der Waals surface area contributed by atoms with Gasteiger partial charge in [0.25, 0.3) is 0 Å². The average molecular weight is 532 g/mol. The number of aromatic nitrogens is 2. The van der Waals surface area contributed by atoms with Crippen molar-refractivity contribution in [3.8, 4) is 5.75 Å². The minimum absolute atomic E-state index is 0.212. The number of nitrogens with zero attached hydrogens (tertiary/aromatic N) is 4. The number of morpholine rings is 1. The molecule has 204 valence electrons. The maximum absolute atomic E-state index is 13.2. The maximum Gasteiger partial charge on any atom is 0.338 e. The SMILES string of the molecule is CCOC(=O)c1ccc(NC(=O)N2CCc3nc(Cc4ccccc4OC)nc(N4CCOCC4)c3C2)cc1. The van der Waals surface area contributed by atoms with Gasteiger partial charge in [0, 0.05) is 49.3 Å². The summed E-state index contributed by atoms with van der Waals surface area (Å²) in [6.07, 6.45) is 1.18. The Balaban J connectivity index is 1.36. The largest absolute Gasteiger partial charge is 0.496 e. The zero-order valence-electron chi connectivity index (χ0n) is 22.3. The number of methoxy groups -OCH3 is 1. The molecule has 0 radical (unpaired) electrons. The lowest BCUT2D eigenvalue weighted by molar-refractivity contribution is 0.0526. The zero-order chi connectivity index (χ0) is 27.2. The van der Waals surface area contributed by atoms with E-state index in [1.165, 1.54) is 0 Å². The molecule has 0 aliphatic carbocycles. The number of ether oxygens (including phenoxy) is 3. The van der Waals surface area contributed by atoms with Crippen LogP contribution < -0.4 is 15.0 Å². The first-order chi connectivity index (χ1) is 19.1. The number of para-hydroxylation sites is 1. The summed E-state index contributed by atoms with van der Waals surface area (Å²) in [5.74, 6) is 2.03. The van der Waals surface area contributed by atoms with Gasteiger partial charge in [-0.2, -0.15) is 0 Å². The van der Waals surface area contributed by atoms with Gasteiger partial charge in [-0.05, 0) is 37.3 Å². The molecule has 0 unspecified atom stereocenters. The van der Waals surface area contributed by atoms with Crippen LogP contribution in [0.1, 0.15) is 39.9 Å². The van der Waals surface area contributed by atoms with Gasteiger partial charge >= 0.3 is 12.0 Å². The van der Waals surface area contributed by atoms with Crippen molar-refractivity contribution < 1.29 is 23.8 Å². The van der Waals surface area contributed by atoms with Crippen molar-refractivity contribution in [3.63, 3.8) is 0 Å². The highest BCUT2D eigenvalue weighted by Crippen LogP contribution is 2.29. The minimum atomic E-state index is -0.385. The summed E-state index contributed by atoms with van der Waals surface area (Å²) in [6, 6.07) is 14.4. The molecule has 0 bridgehead atoms. The molecule has 3 heterocycles. The molecule has 39 heavy (non-hydrogen) atoms. The molecular weight excluding hydrogens is 498 g/mol. The number of hydrogen-bond donors (Lipinski definition) is 1. The Morgan fingerprint density at radius 2 is 1.79 bits per heavy atom. The van der Waals surface area contributed by atoms with Crippen molar-refractivity contribution in [2.24, 2.45) is 0 Å². The second-order valence-corrected chi connectivity index (χ2v) is 9.38. The first-order valence-electron chi connectivity index (χ1n) is 13.2. The molecule has 0 spiro atoms. The van der Waals surface area contributed by atoms with E-state index < -0.39 is 0 Å². The van der Waals surface area contributed by atoms with Crippen molar-refractivity contribution >= 4 is 23.5 Å². The van der Waals surface area contributed by atoms with Gasteiger partial charge in [0.2, 0.25) is 0 Å². The number of nitrogens with one attached hydrogen (secondary N) is 1. The zero-order valence-corrected chi connectivity index (χ0v) is 22.3. The van der Waals surface area contributed by atoms with E-state index in [1.54, 1.807) is 43.2 Å². The Labute approximate surface area is 227 Å². The van der Waals surface area contributed by atoms with Crippen molar-refractivity contribution in [3.05, 3.63) is 76.7 Å². The second kappa shape index (κ2) is 12.1. The smallest absolute Gasteiger partial charge is 0.338 e. The fourth-order valence-corrected chi connectivity index (χ4v) is 4.86. The van der Waals surface area contributed by atoms with Gasteiger partial charge in [0.05, 0.1) is 44.7 Å². The highest BCUT2D eigenvalue weighted by atomic mass is 16.5. The molecule has 2 aliphatic heterocycles. The maximum atomic E-state index is 13.2. The van der Waals surface area contributed by atoms with Gasteiger partial charge in [0.15, 0.2) is 0 Å². The highest BCUT2D eigenvalue weighted by molar-refractivity contribution is 5.92. The van der Waals surface area contributed by atoms with E-state index in [9.17, 15) is 9.59 Å². The number of benzene rings is 2. The van der Waals surface area contributed by atoms with Crippen LogP contribution in [0.25, 0.3) is 0 Å². The number of rotatable bonds is 7. The molecule has 1 fully saturated rings. The Kier molecular flexibility index (Phi) is 8.21. The minimum Gasteiger partial charge on any atom is -0.496 e. The molecule has 0 saturated carbocycles. The number of urea groups is 1. The number of carbonyl (C=O) groups excluding carboxylic acids is 2. The molecule has 0 atom stereocenters. The van der Waals surface area contributed by atoms with E-state index in [-0.39, 0.29) is 12.0 Å². The molecular formula is C29H33N5O5. The van der Waals surface area contributed by atoms with Crippen LogP contribution in [-0.4, -0.2) is 73.4 Å². The third-order valence-corrected chi connectivity index (χ3v) is 6.87. The molecule has 2 aromatic carbocycles. The average Bonchev–Trinajstić information content (AvgIpc) is 2.97. The summed E-state index contributed by atoms with van der Waals surface area (Å²) in [5, 5.41) is 2.94. The number of carbonyl (C=O) groups is 2. The van der Waals surface area contributed by atoms with Crippen LogP contribution in [-0.2, 0) is 28.9 Å². The normalized spacial score (nSPS) is 14.9. The Hall–Kier alpha value is -4.18. The number of hydrogen-bond acceptors (Lipinski definition) is 8. The quantitative estimate of drug-likeness (QED) is 0.461. The summed E-state index contributed by atoms with van der Waals surface area (Å²) >= 11 is 0. The molecule has 10 nitrogen and oxygen atoms in total. The number of anilines is 2. The van der Waals surface area contributed by atoms with Crippen LogP contribution in [0.2, 0.25) is 0 Å². The summed E-state index contributed by atoms with van der Waals surface area (Å²) in [7, 11) is 1.67. The Morgan fingerprint density at radius 3 is 2.54 bits per heavy atom. The monoisotopic (exact) mass is 531 g/mol. The lowest BCUT2D eigenvalue weighted by Gasteiger charge is -2.34. The molecule has 1 saturated heterocycles. The predicted molar refractivity (Wildman–Crippen MR) is 146 cm³/mol. The van der Waals surface area contributed by atoms with Crippen molar-refractivity contribution in [2.75, 3.05) is 56.8 Å². The van der Waals surface area contributed by atoms with E-state index in [2.05, 4.69) is 10.2 Å². The Morgan fingerprint density at radius 1 is 1.03 bits per heavy atom. The predicted octanol–water partition coefficient (Wildman–Crippen LogP) is 3.68. The van der Waals surface area contributed by atoms with Crippen LogP contribution in [0.15, 0.2) is 48.5 Å². The van der Waals surface area contributed by atoms with Gasteiger partial charge in [0.1, 0.15) is 17.4 Å². The standard InChI is InChI=1S/C29H33N5O5/c1-3-39-28(35)20-8-10-22(11-9-20)30-29(36)34-13-12-24-23(19-34)27(33-14-16-38-17-15-33)32-26(31-24)18-21-6-4-5-7-25(21)37-2/h4-11H,3,12-19H2,1-2H3,(H,30,36). The Bertz CT molecular complexity index is 1320. The first-order valence-corrected chi connectivity index (χ1v) is 13.2. The van der Waals surface area contributed by atoms with E-state index in [1.807, 2.05) is 24.3 Å². The van der Waals surface area contributed by atoms with Gasteiger partial charge in [-0.15, -0.1) is 0 Å². The van der Waals surface area contributed by atoms with Crippen molar-refractivity contribution in [1.82, 2.24) is 14.9 Å². The molecule has 2 amide bonds. The van der Waals surface area contributed by atoms with Crippen LogP contribution in [0.5, 0.6) is 5.75 Å².